The van der Waals surface area contributed by atoms with Gasteiger partial charge in [0.2, 0.25) is 0 Å². The Balaban J connectivity index is 2.10. The standard InChI is InChI=1S/C8H15NO/c9-8-6-2-1-5(3-6)7(8)4-10/h5-8,10H,1-4,9H2/t5-,6-,7-,8+/m0/s1. The van der Waals surface area contributed by atoms with Crippen molar-refractivity contribution in [3.63, 3.8) is 0 Å². The molecular formula is C8H15NO. The van der Waals surface area contributed by atoms with E-state index in [1.165, 1.54) is 19.3 Å². The number of fused-ring (bicyclic) bond motifs is 2. The van der Waals surface area contributed by atoms with Crippen LogP contribution >= 0.6 is 0 Å². The zero-order chi connectivity index (χ0) is 7.14. The third-order valence-electron chi connectivity index (χ3n) is 3.37. The van der Waals surface area contributed by atoms with Crippen LogP contribution in [0.1, 0.15) is 19.3 Å². The lowest BCUT2D eigenvalue weighted by atomic mass is 9.86. The Labute approximate surface area is 61.4 Å². The third kappa shape index (κ3) is 0.722. The summed E-state index contributed by atoms with van der Waals surface area (Å²) in [6.45, 7) is 0.308. The smallest absolute Gasteiger partial charge is 0.0476 e. The summed E-state index contributed by atoms with van der Waals surface area (Å²) in [7, 11) is 0. The molecule has 0 saturated heterocycles. The minimum Gasteiger partial charge on any atom is -0.396 e. The van der Waals surface area contributed by atoms with Gasteiger partial charge in [-0.05, 0) is 31.1 Å². The summed E-state index contributed by atoms with van der Waals surface area (Å²) >= 11 is 0. The molecule has 2 fully saturated rings. The van der Waals surface area contributed by atoms with Gasteiger partial charge in [0.05, 0.1) is 0 Å². The fourth-order valence-electron chi connectivity index (χ4n) is 2.73. The van der Waals surface area contributed by atoms with E-state index in [1.54, 1.807) is 0 Å². The Bertz CT molecular complexity index is 135. The molecule has 2 aliphatic rings. The van der Waals surface area contributed by atoms with Crippen molar-refractivity contribution in [2.75, 3.05) is 6.61 Å². The number of hydrogen-bond donors (Lipinski definition) is 2. The SMILES string of the molecule is N[C@@H]1[C@H]2CC[C@@H](C2)[C@@H]1CO. The molecular weight excluding hydrogens is 126 g/mol. The van der Waals surface area contributed by atoms with Crippen molar-refractivity contribution in [2.24, 2.45) is 23.5 Å². The van der Waals surface area contributed by atoms with Gasteiger partial charge in [0, 0.05) is 18.6 Å². The van der Waals surface area contributed by atoms with Crippen molar-refractivity contribution in [3.05, 3.63) is 0 Å². The van der Waals surface area contributed by atoms with Gasteiger partial charge in [-0.1, -0.05) is 0 Å². The molecule has 2 aliphatic carbocycles. The highest BCUT2D eigenvalue weighted by molar-refractivity contribution is 4.98. The molecule has 0 unspecified atom stereocenters. The van der Waals surface area contributed by atoms with Crippen LogP contribution in [0.15, 0.2) is 0 Å². The maximum Gasteiger partial charge on any atom is 0.0476 e. The lowest BCUT2D eigenvalue weighted by Gasteiger charge is -2.25. The van der Waals surface area contributed by atoms with Gasteiger partial charge in [0.1, 0.15) is 0 Å². The molecule has 58 valence electrons. The number of aliphatic hydroxyl groups excluding tert-OH is 1. The lowest BCUT2D eigenvalue weighted by molar-refractivity contribution is 0.159. The first-order valence-electron chi connectivity index (χ1n) is 4.19. The minimum absolute atomic E-state index is 0.308. The fraction of sp³-hybridized carbons (Fsp3) is 1.00. The first kappa shape index (κ1) is 6.62. The van der Waals surface area contributed by atoms with Crippen molar-refractivity contribution in [3.8, 4) is 0 Å². The molecule has 0 radical (unpaired) electrons. The van der Waals surface area contributed by atoms with E-state index >= 15 is 0 Å². The van der Waals surface area contributed by atoms with E-state index < -0.39 is 0 Å². The van der Waals surface area contributed by atoms with E-state index in [-0.39, 0.29) is 0 Å². The molecule has 0 aromatic heterocycles. The van der Waals surface area contributed by atoms with Crippen LogP contribution < -0.4 is 5.73 Å². The molecule has 0 aliphatic heterocycles. The summed E-state index contributed by atoms with van der Waals surface area (Å²) in [5.41, 5.74) is 5.91. The van der Waals surface area contributed by atoms with Crippen molar-refractivity contribution in [1.29, 1.82) is 0 Å². The topological polar surface area (TPSA) is 46.2 Å². The Morgan fingerprint density at radius 2 is 2.00 bits per heavy atom. The van der Waals surface area contributed by atoms with Crippen LogP contribution in [-0.4, -0.2) is 17.8 Å². The van der Waals surface area contributed by atoms with Gasteiger partial charge in [0.25, 0.3) is 0 Å². The number of nitrogens with two attached hydrogens (primary N) is 1. The van der Waals surface area contributed by atoms with Crippen molar-refractivity contribution in [2.45, 2.75) is 25.3 Å². The summed E-state index contributed by atoms with van der Waals surface area (Å²) in [6, 6.07) is 0.309. The Morgan fingerprint density at radius 3 is 2.40 bits per heavy atom. The largest absolute Gasteiger partial charge is 0.396 e. The third-order valence-corrected chi connectivity index (χ3v) is 3.37. The molecule has 2 saturated carbocycles. The molecule has 0 aromatic carbocycles. The average molecular weight is 141 g/mol. The zero-order valence-electron chi connectivity index (χ0n) is 6.16. The molecule has 0 amide bonds. The van der Waals surface area contributed by atoms with E-state index in [0.29, 0.717) is 18.6 Å². The second-order valence-corrected chi connectivity index (χ2v) is 3.76. The Morgan fingerprint density at radius 1 is 1.30 bits per heavy atom. The summed E-state index contributed by atoms with van der Waals surface area (Å²) in [5.74, 6) is 1.92. The highest BCUT2D eigenvalue weighted by Gasteiger charge is 2.44. The van der Waals surface area contributed by atoms with Crippen molar-refractivity contribution < 1.29 is 5.11 Å². The van der Waals surface area contributed by atoms with E-state index in [1.807, 2.05) is 0 Å². The highest BCUT2D eigenvalue weighted by atomic mass is 16.3. The second-order valence-electron chi connectivity index (χ2n) is 3.76. The van der Waals surface area contributed by atoms with Gasteiger partial charge in [-0.2, -0.15) is 0 Å². The molecule has 2 bridgehead atoms. The Kier molecular flexibility index (Phi) is 1.46. The summed E-state index contributed by atoms with van der Waals surface area (Å²) < 4.78 is 0. The summed E-state index contributed by atoms with van der Waals surface area (Å²) in [6.07, 6.45) is 3.90. The lowest BCUT2D eigenvalue weighted by Crippen LogP contribution is -2.37. The van der Waals surface area contributed by atoms with E-state index in [0.717, 1.165) is 11.8 Å². The fourth-order valence-corrected chi connectivity index (χ4v) is 2.73. The molecule has 2 nitrogen and oxygen atoms in total. The normalized spacial score (nSPS) is 52.2. The molecule has 10 heavy (non-hydrogen) atoms. The maximum atomic E-state index is 8.98. The summed E-state index contributed by atoms with van der Waals surface area (Å²) in [4.78, 5) is 0. The number of aliphatic hydroxyl groups is 1. The van der Waals surface area contributed by atoms with Gasteiger partial charge in [-0.25, -0.2) is 0 Å². The predicted octanol–water partition coefficient (Wildman–Crippen LogP) is 0.352. The molecule has 0 heterocycles. The maximum absolute atomic E-state index is 8.98. The van der Waals surface area contributed by atoms with Gasteiger partial charge in [-0.15, -0.1) is 0 Å². The van der Waals surface area contributed by atoms with E-state index in [4.69, 9.17) is 10.8 Å². The van der Waals surface area contributed by atoms with Crippen LogP contribution in [-0.2, 0) is 0 Å². The monoisotopic (exact) mass is 141 g/mol. The first-order chi connectivity index (χ1) is 4.83. The quantitative estimate of drug-likeness (QED) is 0.553. The van der Waals surface area contributed by atoms with Crippen LogP contribution in [0.4, 0.5) is 0 Å². The molecule has 0 aromatic rings. The zero-order valence-corrected chi connectivity index (χ0v) is 6.16. The average Bonchev–Trinajstić information content (AvgIpc) is 2.46. The van der Waals surface area contributed by atoms with Gasteiger partial charge in [0.15, 0.2) is 0 Å². The number of hydrogen-bond acceptors (Lipinski definition) is 2. The van der Waals surface area contributed by atoms with Crippen LogP contribution in [0.3, 0.4) is 0 Å². The van der Waals surface area contributed by atoms with Gasteiger partial charge < -0.3 is 10.8 Å². The van der Waals surface area contributed by atoms with Crippen LogP contribution in [0.2, 0.25) is 0 Å². The number of rotatable bonds is 1. The molecule has 2 rings (SSSR count). The molecule has 3 N–H and O–H groups in total. The molecule has 0 spiro atoms. The molecule has 4 atom stereocenters. The van der Waals surface area contributed by atoms with Crippen molar-refractivity contribution >= 4 is 0 Å². The first-order valence-corrected chi connectivity index (χ1v) is 4.19. The van der Waals surface area contributed by atoms with Crippen LogP contribution in [0.5, 0.6) is 0 Å². The van der Waals surface area contributed by atoms with Crippen LogP contribution in [0.25, 0.3) is 0 Å². The minimum atomic E-state index is 0.308. The second kappa shape index (κ2) is 2.21. The van der Waals surface area contributed by atoms with Crippen molar-refractivity contribution in [1.82, 2.24) is 0 Å². The van der Waals surface area contributed by atoms with Gasteiger partial charge >= 0.3 is 0 Å². The van der Waals surface area contributed by atoms with Gasteiger partial charge in [-0.3, -0.25) is 0 Å². The van der Waals surface area contributed by atoms with Crippen LogP contribution in [0, 0.1) is 17.8 Å². The predicted molar refractivity (Wildman–Crippen MR) is 39.4 cm³/mol. The van der Waals surface area contributed by atoms with E-state index in [9.17, 15) is 0 Å². The summed E-state index contributed by atoms with van der Waals surface area (Å²) in [5, 5.41) is 8.98. The van der Waals surface area contributed by atoms with E-state index in [2.05, 4.69) is 0 Å². The Hall–Kier alpha value is -0.0800. The highest BCUT2D eigenvalue weighted by Crippen LogP contribution is 2.47. The molecule has 2 heteroatoms.